The molecule has 1 atom stereocenters. The molecule has 1 saturated heterocycles. The van der Waals surface area contributed by atoms with Gasteiger partial charge >= 0.3 is 0 Å². The van der Waals surface area contributed by atoms with Gasteiger partial charge in [-0.15, -0.1) is 0 Å². The van der Waals surface area contributed by atoms with Crippen LogP contribution < -0.4 is 14.8 Å². The molecule has 2 amide bonds. The van der Waals surface area contributed by atoms with Crippen molar-refractivity contribution in [3.8, 4) is 11.5 Å². The number of carbonyl (C=O) groups excluding carboxylic acids is 2. The van der Waals surface area contributed by atoms with Crippen LogP contribution in [-0.4, -0.2) is 43.5 Å². The van der Waals surface area contributed by atoms with Crippen molar-refractivity contribution in [3.05, 3.63) is 53.6 Å². The number of hydrogen-bond donors (Lipinski definition) is 1. The lowest BCUT2D eigenvalue weighted by Gasteiger charge is -2.30. The third-order valence-corrected chi connectivity index (χ3v) is 6.08. The number of para-hydroxylation sites is 1. The second-order valence-electron chi connectivity index (χ2n) is 8.15. The summed E-state index contributed by atoms with van der Waals surface area (Å²) in [6.45, 7) is 3.83. The maximum absolute atomic E-state index is 12.6. The monoisotopic (exact) mass is 408 g/mol. The van der Waals surface area contributed by atoms with Crippen LogP contribution >= 0.6 is 0 Å². The number of ether oxygens (including phenoxy) is 2. The van der Waals surface area contributed by atoms with E-state index in [2.05, 4.69) is 12.2 Å². The topological polar surface area (TPSA) is 67.9 Å². The summed E-state index contributed by atoms with van der Waals surface area (Å²) in [6.07, 6.45) is 2.41. The van der Waals surface area contributed by atoms with E-state index in [-0.39, 0.29) is 24.3 Å². The molecule has 158 valence electrons. The first-order chi connectivity index (χ1) is 14.5. The fraction of sp³-hybridized carbons (Fsp3) is 0.417. The number of likely N-dealkylation sites (tertiary alicyclic amines) is 1. The summed E-state index contributed by atoms with van der Waals surface area (Å²) in [6, 6.07) is 13.4. The number of fused-ring (bicyclic) bond motifs is 1. The van der Waals surface area contributed by atoms with Crippen molar-refractivity contribution in [1.29, 1.82) is 0 Å². The Morgan fingerprint density at radius 3 is 2.67 bits per heavy atom. The molecule has 6 nitrogen and oxygen atoms in total. The number of piperidine rings is 1. The van der Waals surface area contributed by atoms with E-state index in [1.54, 1.807) is 7.11 Å². The van der Waals surface area contributed by atoms with Gasteiger partial charge in [0.1, 0.15) is 11.5 Å². The molecule has 6 heteroatoms. The highest BCUT2D eigenvalue weighted by Gasteiger charge is 2.29. The van der Waals surface area contributed by atoms with Crippen LogP contribution in [0.2, 0.25) is 0 Å². The Balaban J connectivity index is 1.54. The van der Waals surface area contributed by atoms with E-state index in [4.69, 9.17) is 9.47 Å². The van der Waals surface area contributed by atoms with Crippen molar-refractivity contribution in [1.82, 2.24) is 4.90 Å². The fourth-order valence-corrected chi connectivity index (χ4v) is 4.24. The highest BCUT2D eigenvalue weighted by molar-refractivity contribution is 5.95. The van der Waals surface area contributed by atoms with Gasteiger partial charge in [0, 0.05) is 42.7 Å². The van der Waals surface area contributed by atoms with Gasteiger partial charge in [-0.2, -0.15) is 0 Å². The molecule has 0 bridgehead atoms. The van der Waals surface area contributed by atoms with E-state index in [1.807, 2.05) is 47.4 Å². The first-order valence-corrected chi connectivity index (χ1v) is 10.5. The van der Waals surface area contributed by atoms with Gasteiger partial charge in [0.05, 0.1) is 7.11 Å². The van der Waals surface area contributed by atoms with Gasteiger partial charge in [0.2, 0.25) is 5.91 Å². The number of hydrogen-bond acceptors (Lipinski definition) is 4. The summed E-state index contributed by atoms with van der Waals surface area (Å²) in [5, 5.41) is 2.93. The summed E-state index contributed by atoms with van der Waals surface area (Å²) in [5.74, 6) is 1.85. The zero-order valence-electron chi connectivity index (χ0n) is 17.5. The molecule has 30 heavy (non-hydrogen) atoms. The van der Waals surface area contributed by atoms with Crippen LogP contribution in [0.3, 0.4) is 0 Å². The number of methoxy groups -OCH3 is 1. The van der Waals surface area contributed by atoms with Crippen molar-refractivity contribution >= 4 is 17.5 Å². The van der Waals surface area contributed by atoms with Crippen LogP contribution in [0.5, 0.6) is 11.5 Å². The minimum atomic E-state index is -0.137. The second kappa shape index (κ2) is 8.78. The SMILES string of the molecule is COc1ccc2c(c1)NC(=O)CC2c1ccccc1OCC(=O)N1CCC(C)CC1. The molecule has 0 saturated carbocycles. The lowest BCUT2D eigenvalue weighted by molar-refractivity contribution is -0.134. The zero-order chi connectivity index (χ0) is 21.1. The van der Waals surface area contributed by atoms with Gasteiger partial charge in [-0.1, -0.05) is 31.2 Å². The quantitative estimate of drug-likeness (QED) is 0.817. The first kappa shape index (κ1) is 20.3. The van der Waals surface area contributed by atoms with Crippen molar-refractivity contribution in [2.24, 2.45) is 5.92 Å². The number of nitrogens with one attached hydrogen (secondary N) is 1. The minimum Gasteiger partial charge on any atom is -0.497 e. The third kappa shape index (κ3) is 4.27. The molecule has 0 spiro atoms. The molecule has 1 unspecified atom stereocenters. The molecule has 1 fully saturated rings. The molecule has 2 aromatic rings. The Hall–Kier alpha value is -3.02. The van der Waals surface area contributed by atoms with Crippen LogP contribution in [0.25, 0.3) is 0 Å². The van der Waals surface area contributed by atoms with Gasteiger partial charge in [-0.3, -0.25) is 9.59 Å². The second-order valence-corrected chi connectivity index (χ2v) is 8.15. The largest absolute Gasteiger partial charge is 0.497 e. The molecular formula is C24H28N2O4. The van der Waals surface area contributed by atoms with Crippen LogP contribution in [0.15, 0.2) is 42.5 Å². The van der Waals surface area contributed by atoms with Crippen LogP contribution in [0.1, 0.15) is 43.2 Å². The molecular weight excluding hydrogens is 380 g/mol. The van der Waals surface area contributed by atoms with E-state index >= 15 is 0 Å². The highest BCUT2D eigenvalue weighted by Crippen LogP contribution is 2.41. The Morgan fingerprint density at radius 2 is 1.90 bits per heavy atom. The molecule has 4 rings (SSSR count). The number of anilines is 1. The van der Waals surface area contributed by atoms with Crippen molar-refractivity contribution < 1.29 is 19.1 Å². The predicted molar refractivity (Wildman–Crippen MR) is 115 cm³/mol. The van der Waals surface area contributed by atoms with Crippen molar-refractivity contribution in [2.75, 3.05) is 32.1 Å². The number of benzene rings is 2. The molecule has 2 heterocycles. The number of rotatable bonds is 5. The Kier molecular flexibility index (Phi) is 5.93. The standard InChI is InChI=1S/C24H28N2O4/c1-16-9-11-26(12-10-16)24(28)15-30-22-6-4-3-5-19(22)20-14-23(27)25-21-13-17(29-2)7-8-18(20)21/h3-8,13,16,20H,9-12,14-15H2,1-2H3,(H,25,27). The summed E-state index contributed by atoms with van der Waals surface area (Å²) < 4.78 is 11.3. The molecule has 2 aliphatic heterocycles. The van der Waals surface area contributed by atoms with E-state index in [0.29, 0.717) is 23.8 Å². The minimum absolute atomic E-state index is 0.0137. The smallest absolute Gasteiger partial charge is 0.260 e. The Bertz CT molecular complexity index is 935. The molecule has 2 aliphatic rings. The lowest BCUT2D eigenvalue weighted by Crippen LogP contribution is -2.40. The van der Waals surface area contributed by atoms with Gasteiger partial charge in [-0.25, -0.2) is 0 Å². The lowest BCUT2D eigenvalue weighted by atomic mass is 9.84. The van der Waals surface area contributed by atoms with Crippen LogP contribution in [0, 0.1) is 5.92 Å². The van der Waals surface area contributed by atoms with Crippen molar-refractivity contribution in [3.63, 3.8) is 0 Å². The Labute approximate surface area is 177 Å². The van der Waals surface area contributed by atoms with E-state index < -0.39 is 0 Å². The zero-order valence-corrected chi connectivity index (χ0v) is 17.5. The van der Waals surface area contributed by atoms with Crippen LogP contribution in [-0.2, 0) is 9.59 Å². The maximum Gasteiger partial charge on any atom is 0.260 e. The average molecular weight is 408 g/mol. The third-order valence-electron chi connectivity index (χ3n) is 6.08. The van der Waals surface area contributed by atoms with Crippen molar-refractivity contribution in [2.45, 2.75) is 32.1 Å². The molecule has 1 N–H and O–H groups in total. The summed E-state index contributed by atoms with van der Waals surface area (Å²) >= 11 is 0. The summed E-state index contributed by atoms with van der Waals surface area (Å²) in [7, 11) is 1.60. The van der Waals surface area contributed by atoms with E-state index in [9.17, 15) is 9.59 Å². The maximum atomic E-state index is 12.6. The van der Waals surface area contributed by atoms with Crippen LogP contribution in [0.4, 0.5) is 5.69 Å². The number of carbonyl (C=O) groups is 2. The fourth-order valence-electron chi connectivity index (χ4n) is 4.24. The average Bonchev–Trinajstić information content (AvgIpc) is 2.77. The highest BCUT2D eigenvalue weighted by atomic mass is 16.5. The number of nitrogens with zero attached hydrogens (tertiary/aromatic N) is 1. The van der Waals surface area contributed by atoms with E-state index in [1.165, 1.54) is 0 Å². The predicted octanol–water partition coefficient (Wildman–Crippen LogP) is 3.81. The first-order valence-electron chi connectivity index (χ1n) is 10.5. The normalized spacial score (nSPS) is 19.1. The molecule has 0 radical (unpaired) electrons. The molecule has 0 aromatic heterocycles. The van der Waals surface area contributed by atoms with E-state index in [0.717, 1.165) is 42.7 Å². The van der Waals surface area contributed by atoms with Gasteiger partial charge < -0.3 is 19.7 Å². The number of amides is 2. The van der Waals surface area contributed by atoms with Gasteiger partial charge in [0.25, 0.3) is 5.91 Å². The summed E-state index contributed by atoms with van der Waals surface area (Å²) in [5.41, 5.74) is 2.69. The summed E-state index contributed by atoms with van der Waals surface area (Å²) in [4.78, 5) is 26.9. The molecule has 2 aromatic carbocycles. The van der Waals surface area contributed by atoms with Gasteiger partial charge in [-0.05, 0) is 36.5 Å². The Morgan fingerprint density at radius 1 is 1.13 bits per heavy atom. The van der Waals surface area contributed by atoms with Gasteiger partial charge in [0.15, 0.2) is 6.61 Å². The molecule has 0 aliphatic carbocycles.